The Kier molecular flexibility index (Phi) is 6.04. The Hall–Kier alpha value is -2.39. The third kappa shape index (κ3) is 4.20. The molecule has 152 valence electrons. The van der Waals surface area contributed by atoms with Crippen molar-refractivity contribution in [3.63, 3.8) is 0 Å². The zero-order valence-electron chi connectivity index (χ0n) is 16.5. The molecule has 9 heteroatoms. The van der Waals surface area contributed by atoms with Crippen molar-refractivity contribution in [2.75, 3.05) is 26.2 Å². The van der Waals surface area contributed by atoms with E-state index in [-0.39, 0.29) is 18.0 Å². The van der Waals surface area contributed by atoms with Gasteiger partial charge in [-0.25, -0.2) is 13.2 Å². The molecule has 1 aromatic heterocycles. The molecule has 28 heavy (non-hydrogen) atoms. The lowest BCUT2D eigenvalue weighted by atomic mass is 10.2. The number of ether oxygens (including phenoxy) is 1. The highest BCUT2D eigenvalue weighted by Crippen LogP contribution is 2.24. The Labute approximate surface area is 165 Å². The van der Waals surface area contributed by atoms with Crippen LogP contribution in [0.4, 0.5) is 4.79 Å². The van der Waals surface area contributed by atoms with E-state index in [2.05, 4.69) is 5.10 Å². The zero-order valence-corrected chi connectivity index (χ0v) is 17.3. The van der Waals surface area contributed by atoms with Crippen molar-refractivity contribution in [1.82, 2.24) is 19.0 Å². The fourth-order valence-corrected chi connectivity index (χ4v) is 5.25. The Balaban J connectivity index is 1.65. The van der Waals surface area contributed by atoms with E-state index in [0.29, 0.717) is 37.4 Å². The van der Waals surface area contributed by atoms with Gasteiger partial charge in [-0.05, 0) is 25.8 Å². The quantitative estimate of drug-likeness (QED) is 0.776. The zero-order chi connectivity index (χ0) is 20.3. The molecule has 1 aromatic carbocycles. The maximum absolute atomic E-state index is 13.1. The summed E-state index contributed by atoms with van der Waals surface area (Å²) in [5, 5.41) is 4.22. The molecular formula is C19H26N4O4S. The van der Waals surface area contributed by atoms with Crippen LogP contribution in [0.1, 0.15) is 23.4 Å². The molecule has 2 heterocycles. The third-order valence-electron chi connectivity index (χ3n) is 4.96. The number of aryl methyl sites for hydroxylation is 2. The smallest absolute Gasteiger partial charge is 0.410 e. The van der Waals surface area contributed by atoms with Crippen LogP contribution in [0.2, 0.25) is 0 Å². The molecule has 1 fully saturated rings. The van der Waals surface area contributed by atoms with Crippen LogP contribution in [0, 0.1) is 13.8 Å². The number of carbonyl (C=O) groups excluding carboxylic acids is 1. The number of hydrogen-bond acceptors (Lipinski definition) is 5. The van der Waals surface area contributed by atoms with Gasteiger partial charge in [0.05, 0.1) is 11.4 Å². The molecule has 1 amide bonds. The summed E-state index contributed by atoms with van der Waals surface area (Å²) in [5.41, 5.74) is 2.02. The number of hydrogen-bond donors (Lipinski definition) is 0. The summed E-state index contributed by atoms with van der Waals surface area (Å²) >= 11 is 0. The molecule has 2 aromatic rings. The summed E-state index contributed by atoms with van der Waals surface area (Å²) in [5.74, 6) is 0. The summed E-state index contributed by atoms with van der Waals surface area (Å²) in [4.78, 5) is 14.2. The summed E-state index contributed by atoms with van der Waals surface area (Å²) in [6.45, 7) is 5.00. The van der Waals surface area contributed by atoms with Gasteiger partial charge >= 0.3 is 6.09 Å². The Morgan fingerprint density at radius 2 is 1.82 bits per heavy atom. The fraction of sp³-hybridized carbons (Fsp3) is 0.474. The first-order valence-electron chi connectivity index (χ1n) is 9.26. The van der Waals surface area contributed by atoms with E-state index < -0.39 is 16.1 Å². The first-order chi connectivity index (χ1) is 13.3. The molecule has 0 saturated carbocycles. The predicted octanol–water partition coefficient (Wildman–Crippen LogP) is 2.07. The largest absolute Gasteiger partial charge is 0.445 e. The highest BCUT2D eigenvalue weighted by atomic mass is 32.2. The summed E-state index contributed by atoms with van der Waals surface area (Å²) in [6.07, 6.45) is 0.134. The van der Waals surface area contributed by atoms with E-state index in [4.69, 9.17) is 4.74 Å². The van der Waals surface area contributed by atoms with E-state index in [9.17, 15) is 13.2 Å². The van der Waals surface area contributed by atoms with Gasteiger partial charge in [-0.2, -0.15) is 9.40 Å². The molecule has 0 spiro atoms. The standard InChI is InChI=1S/C19H26N4O4S/c1-15-18(16(2)21(3)20-15)28(25,26)23-11-7-10-22(12-13-23)19(24)27-14-17-8-5-4-6-9-17/h4-6,8-9H,7,10-14H2,1-3H3. The van der Waals surface area contributed by atoms with Gasteiger partial charge in [0, 0.05) is 33.2 Å². The maximum atomic E-state index is 13.1. The van der Waals surface area contributed by atoms with Crippen molar-refractivity contribution in [3.8, 4) is 0 Å². The number of sulfonamides is 1. The van der Waals surface area contributed by atoms with Gasteiger partial charge < -0.3 is 9.64 Å². The van der Waals surface area contributed by atoms with Gasteiger partial charge in [0.1, 0.15) is 11.5 Å². The molecular weight excluding hydrogens is 380 g/mol. The molecule has 1 aliphatic rings. The van der Waals surface area contributed by atoms with Gasteiger partial charge in [0.2, 0.25) is 10.0 Å². The molecule has 8 nitrogen and oxygen atoms in total. The summed E-state index contributed by atoms with van der Waals surface area (Å²) in [6, 6.07) is 9.46. The molecule has 3 rings (SSSR count). The van der Waals surface area contributed by atoms with Crippen LogP contribution in [0.25, 0.3) is 0 Å². The molecule has 0 unspecified atom stereocenters. The average molecular weight is 407 g/mol. The molecule has 0 atom stereocenters. The Morgan fingerprint density at radius 3 is 2.46 bits per heavy atom. The Bertz CT molecular complexity index is 940. The van der Waals surface area contributed by atoms with E-state index in [1.165, 1.54) is 4.31 Å². The maximum Gasteiger partial charge on any atom is 0.410 e. The van der Waals surface area contributed by atoms with Crippen molar-refractivity contribution in [2.45, 2.75) is 31.8 Å². The van der Waals surface area contributed by atoms with Crippen molar-refractivity contribution < 1.29 is 17.9 Å². The van der Waals surface area contributed by atoms with Crippen LogP contribution in [0.5, 0.6) is 0 Å². The van der Waals surface area contributed by atoms with Crippen molar-refractivity contribution >= 4 is 16.1 Å². The summed E-state index contributed by atoms with van der Waals surface area (Å²) in [7, 11) is -1.93. The van der Waals surface area contributed by atoms with Crippen LogP contribution in [0.3, 0.4) is 0 Å². The second-order valence-electron chi connectivity index (χ2n) is 6.91. The second kappa shape index (κ2) is 8.32. The topological polar surface area (TPSA) is 84.7 Å². The van der Waals surface area contributed by atoms with Crippen LogP contribution in [0.15, 0.2) is 35.2 Å². The predicted molar refractivity (Wildman–Crippen MR) is 104 cm³/mol. The third-order valence-corrected chi connectivity index (χ3v) is 7.11. The second-order valence-corrected chi connectivity index (χ2v) is 8.78. The Morgan fingerprint density at radius 1 is 1.11 bits per heavy atom. The van der Waals surface area contributed by atoms with E-state index in [1.54, 1.807) is 30.5 Å². The lowest BCUT2D eigenvalue weighted by Gasteiger charge is -2.21. The van der Waals surface area contributed by atoms with E-state index in [1.807, 2.05) is 30.3 Å². The molecule has 1 aliphatic heterocycles. The monoisotopic (exact) mass is 406 g/mol. The van der Waals surface area contributed by atoms with Crippen molar-refractivity contribution in [1.29, 1.82) is 0 Å². The number of rotatable bonds is 4. The van der Waals surface area contributed by atoms with Gasteiger partial charge in [-0.1, -0.05) is 30.3 Å². The number of carbonyl (C=O) groups is 1. The van der Waals surface area contributed by atoms with Crippen LogP contribution in [-0.4, -0.2) is 59.7 Å². The SMILES string of the molecule is Cc1nn(C)c(C)c1S(=O)(=O)N1CCCN(C(=O)OCc2ccccc2)CC1. The van der Waals surface area contributed by atoms with Gasteiger partial charge in [0.25, 0.3) is 0 Å². The first kappa shape index (κ1) is 20.3. The van der Waals surface area contributed by atoms with Crippen LogP contribution >= 0.6 is 0 Å². The number of benzene rings is 1. The van der Waals surface area contributed by atoms with Crippen molar-refractivity contribution in [3.05, 3.63) is 47.3 Å². The van der Waals surface area contributed by atoms with Crippen LogP contribution < -0.4 is 0 Å². The highest BCUT2D eigenvalue weighted by molar-refractivity contribution is 7.89. The minimum absolute atomic E-state index is 0.201. The van der Waals surface area contributed by atoms with Gasteiger partial charge in [-0.3, -0.25) is 4.68 Å². The number of nitrogens with zero attached hydrogens (tertiary/aromatic N) is 4. The lowest BCUT2D eigenvalue weighted by molar-refractivity contribution is 0.0980. The highest BCUT2D eigenvalue weighted by Gasteiger charge is 2.32. The molecule has 0 radical (unpaired) electrons. The number of aromatic nitrogens is 2. The molecule has 0 N–H and O–H groups in total. The molecule has 0 aliphatic carbocycles. The van der Waals surface area contributed by atoms with Crippen molar-refractivity contribution in [2.24, 2.45) is 7.05 Å². The summed E-state index contributed by atoms with van der Waals surface area (Å²) < 4.78 is 34.6. The minimum Gasteiger partial charge on any atom is -0.445 e. The molecule has 1 saturated heterocycles. The molecule has 0 bridgehead atoms. The number of amides is 1. The van der Waals surface area contributed by atoms with E-state index in [0.717, 1.165) is 5.56 Å². The first-order valence-corrected chi connectivity index (χ1v) is 10.7. The van der Waals surface area contributed by atoms with Crippen LogP contribution in [-0.2, 0) is 28.4 Å². The minimum atomic E-state index is -3.66. The lowest BCUT2D eigenvalue weighted by Crippen LogP contribution is -2.37. The normalized spacial score (nSPS) is 16.0. The average Bonchev–Trinajstić information content (AvgIpc) is 2.84. The van der Waals surface area contributed by atoms with E-state index >= 15 is 0 Å². The fourth-order valence-electron chi connectivity index (χ4n) is 3.38. The van der Waals surface area contributed by atoms with Gasteiger partial charge in [0.15, 0.2) is 0 Å². The van der Waals surface area contributed by atoms with Gasteiger partial charge in [-0.15, -0.1) is 0 Å².